The molecule has 0 atom stereocenters. The second-order valence-corrected chi connectivity index (χ2v) is 11.0. The van der Waals surface area contributed by atoms with Gasteiger partial charge in [0.2, 0.25) is 0 Å². The number of imidazole rings is 1. The number of pyridine rings is 1. The molecule has 3 N–H and O–H groups in total. The van der Waals surface area contributed by atoms with Crippen molar-refractivity contribution in [3.05, 3.63) is 58.9 Å². The number of likely N-dealkylation sites (N-methyl/N-ethyl adjacent to an activating group) is 1. The molecular formula is C27H33ClF3N7. The molecule has 0 aliphatic carbocycles. The van der Waals surface area contributed by atoms with Crippen molar-refractivity contribution in [2.45, 2.75) is 26.9 Å². The van der Waals surface area contributed by atoms with Gasteiger partial charge in [-0.2, -0.15) is 13.2 Å². The summed E-state index contributed by atoms with van der Waals surface area (Å²) in [6, 6.07) is 7.01. The van der Waals surface area contributed by atoms with Crippen LogP contribution in [-0.2, 0) is 6.18 Å². The highest BCUT2D eigenvalue weighted by atomic mass is 35.5. The van der Waals surface area contributed by atoms with Crippen LogP contribution in [0.25, 0.3) is 28.0 Å². The number of allylic oxidation sites excluding steroid dienone is 2. The summed E-state index contributed by atoms with van der Waals surface area (Å²) in [5, 5.41) is 1.71. The Morgan fingerprint density at radius 3 is 2.32 bits per heavy atom. The lowest BCUT2D eigenvalue weighted by atomic mass is 9.87. The van der Waals surface area contributed by atoms with Crippen molar-refractivity contribution in [3.63, 3.8) is 0 Å². The highest BCUT2D eigenvalue weighted by Crippen LogP contribution is 2.40. The minimum Gasteiger partial charge on any atom is -0.352 e. The van der Waals surface area contributed by atoms with Gasteiger partial charge in [-0.05, 0) is 30.2 Å². The van der Waals surface area contributed by atoms with Crippen molar-refractivity contribution in [2.24, 2.45) is 11.3 Å². The number of piperazine rings is 1. The zero-order chi connectivity index (χ0) is 28.0. The molecule has 1 fully saturated rings. The van der Waals surface area contributed by atoms with Crippen LogP contribution in [-0.4, -0.2) is 65.1 Å². The Morgan fingerprint density at radius 2 is 1.74 bits per heavy atom. The third-order valence-electron chi connectivity index (χ3n) is 6.72. The van der Waals surface area contributed by atoms with Gasteiger partial charge in [0.05, 0.1) is 21.8 Å². The van der Waals surface area contributed by atoms with E-state index in [-0.39, 0.29) is 16.7 Å². The summed E-state index contributed by atoms with van der Waals surface area (Å²) >= 11 is 6.78. The molecule has 0 saturated carbocycles. The molecule has 4 rings (SSSR count). The molecule has 0 bridgehead atoms. The van der Waals surface area contributed by atoms with Crippen molar-refractivity contribution in [1.82, 2.24) is 24.9 Å². The number of hydrogen-bond donors (Lipinski definition) is 2. The van der Waals surface area contributed by atoms with Crippen LogP contribution in [0.4, 0.5) is 19.0 Å². The summed E-state index contributed by atoms with van der Waals surface area (Å²) in [6.45, 7) is 13.0. The highest BCUT2D eigenvalue weighted by Gasteiger charge is 2.34. The molecule has 0 unspecified atom stereocenters. The van der Waals surface area contributed by atoms with Crippen LogP contribution in [0.5, 0.6) is 0 Å². The third kappa shape index (κ3) is 5.52. The topological polar surface area (TPSA) is 77.3 Å². The van der Waals surface area contributed by atoms with Crippen LogP contribution in [0.3, 0.4) is 0 Å². The predicted octanol–water partition coefficient (Wildman–Crippen LogP) is 5.71. The molecule has 11 heteroatoms. The molecule has 0 radical (unpaired) electrons. The van der Waals surface area contributed by atoms with E-state index in [1.54, 1.807) is 19.2 Å². The first-order valence-corrected chi connectivity index (χ1v) is 12.7. The van der Waals surface area contributed by atoms with Gasteiger partial charge in [0, 0.05) is 38.8 Å². The molecular weight excluding hydrogens is 515 g/mol. The maximum absolute atomic E-state index is 13.9. The van der Waals surface area contributed by atoms with Crippen molar-refractivity contribution in [2.75, 3.05) is 45.2 Å². The summed E-state index contributed by atoms with van der Waals surface area (Å²) in [4.78, 5) is 17.1. The molecule has 0 amide bonds. The fraction of sp³-hybridized carbons (Fsp3) is 0.407. The van der Waals surface area contributed by atoms with Crippen molar-refractivity contribution in [1.29, 1.82) is 0 Å². The molecule has 2 aromatic heterocycles. The summed E-state index contributed by atoms with van der Waals surface area (Å²) < 4.78 is 41.7. The Labute approximate surface area is 225 Å². The lowest BCUT2D eigenvalue weighted by Crippen LogP contribution is -2.45. The molecule has 7 nitrogen and oxygen atoms in total. The number of H-pyrrole nitrogens is 1. The standard InChI is InChI=1S/C27H33ClF3N7/c1-16(26(2,3)4)21(28)23(37(6)32)24-33-20-15-19(17-9-7-8-10-18(17)27(29,30)31)34-25(22(20)35-24)38-13-11-36(5)12-14-38/h7-10,15H,1,11-14,32H2,2-6H3,(H,33,35)/b23-21+. The normalized spacial score (nSPS) is 16.1. The third-order valence-corrected chi connectivity index (χ3v) is 7.13. The van der Waals surface area contributed by atoms with Crippen LogP contribution >= 0.6 is 11.6 Å². The van der Waals surface area contributed by atoms with E-state index in [0.29, 0.717) is 52.1 Å². The van der Waals surface area contributed by atoms with E-state index < -0.39 is 11.7 Å². The first-order valence-electron chi connectivity index (χ1n) is 12.3. The van der Waals surface area contributed by atoms with E-state index in [9.17, 15) is 13.2 Å². The Kier molecular flexibility index (Phi) is 7.53. The van der Waals surface area contributed by atoms with Crippen LogP contribution in [0.2, 0.25) is 0 Å². The van der Waals surface area contributed by atoms with Gasteiger partial charge in [0.1, 0.15) is 11.2 Å². The first-order chi connectivity index (χ1) is 17.7. The number of halogens is 4. The summed E-state index contributed by atoms with van der Waals surface area (Å²) in [5.41, 5.74) is 1.25. The van der Waals surface area contributed by atoms with Crippen molar-refractivity contribution >= 4 is 34.1 Å². The number of nitrogens with one attached hydrogen (secondary N) is 1. The largest absolute Gasteiger partial charge is 0.417 e. The monoisotopic (exact) mass is 547 g/mol. The maximum Gasteiger partial charge on any atom is 0.417 e. The molecule has 3 heterocycles. The Hall–Kier alpha value is -3.08. The zero-order valence-corrected chi connectivity index (χ0v) is 23.0. The fourth-order valence-corrected chi connectivity index (χ4v) is 4.85. The van der Waals surface area contributed by atoms with E-state index in [4.69, 9.17) is 27.4 Å². The quantitative estimate of drug-likeness (QED) is 0.242. The number of fused-ring (bicyclic) bond motifs is 1. The molecule has 1 aromatic carbocycles. The van der Waals surface area contributed by atoms with Crippen LogP contribution in [0, 0.1) is 5.41 Å². The average molecular weight is 548 g/mol. The average Bonchev–Trinajstić information content (AvgIpc) is 3.25. The molecule has 1 aliphatic heterocycles. The molecule has 0 spiro atoms. The van der Waals surface area contributed by atoms with Crippen LogP contribution in [0.1, 0.15) is 32.2 Å². The molecule has 38 heavy (non-hydrogen) atoms. The number of alkyl halides is 3. The lowest BCUT2D eigenvalue weighted by molar-refractivity contribution is -0.137. The van der Waals surface area contributed by atoms with Gasteiger partial charge < -0.3 is 19.8 Å². The first kappa shape index (κ1) is 27.9. The number of nitrogens with two attached hydrogens (primary N) is 1. The number of benzene rings is 1. The van der Waals surface area contributed by atoms with Crippen molar-refractivity contribution in [3.8, 4) is 11.3 Å². The van der Waals surface area contributed by atoms with Gasteiger partial charge in [-0.25, -0.2) is 15.8 Å². The number of aromatic amines is 1. The SMILES string of the molecule is C=C(/C(Cl)=C(/c1nc2cc(-c3ccccc3C(F)(F)F)nc(N3CCN(C)CC3)c2[nH]1)N(C)N)C(C)(C)C. The second kappa shape index (κ2) is 10.2. The number of rotatable bonds is 5. The smallest absolute Gasteiger partial charge is 0.352 e. The van der Waals surface area contributed by atoms with E-state index in [2.05, 4.69) is 21.4 Å². The van der Waals surface area contributed by atoms with Gasteiger partial charge in [-0.1, -0.05) is 57.2 Å². The Balaban J connectivity index is 1.97. The molecule has 204 valence electrons. The zero-order valence-electron chi connectivity index (χ0n) is 22.2. The number of hydrogen-bond acceptors (Lipinski definition) is 6. The Morgan fingerprint density at radius 1 is 1.11 bits per heavy atom. The van der Waals surface area contributed by atoms with Gasteiger partial charge in [0.25, 0.3) is 0 Å². The van der Waals surface area contributed by atoms with Gasteiger partial charge >= 0.3 is 6.18 Å². The van der Waals surface area contributed by atoms with Crippen LogP contribution < -0.4 is 10.7 Å². The highest BCUT2D eigenvalue weighted by molar-refractivity contribution is 6.35. The van der Waals surface area contributed by atoms with Gasteiger partial charge in [0.15, 0.2) is 11.6 Å². The molecule has 1 saturated heterocycles. The number of aromatic nitrogens is 3. The van der Waals surface area contributed by atoms with E-state index in [0.717, 1.165) is 19.2 Å². The summed E-state index contributed by atoms with van der Waals surface area (Å²) in [7, 11) is 3.67. The second-order valence-electron chi connectivity index (χ2n) is 10.6. The molecule has 1 aliphatic rings. The number of anilines is 1. The lowest BCUT2D eigenvalue weighted by Gasteiger charge is -2.33. The summed E-state index contributed by atoms with van der Waals surface area (Å²) in [6.07, 6.45) is -4.53. The van der Waals surface area contributed by atoms with E-state index in [1.165, 1.54) is 17.1 Å². The Bertz CT molecular complexity index is 1380. The summed E-state index contributed by atoms with van der Waals surface area (Å²) in [5.74, 6) is 7.10. The predicted molar refractivity (Wildman–Crippen MR) is 147 cm³/mol. The number of hydrazine groups is 1. The minimum absolute atomic E-state index is 0.00678. The van der Waals surface area contributed by atoms with Gasteiger partial charge in [-0.15, -0.1) is 0 Å². The number of nitrogens with zero attached hydrogens (tertiary/aromatic N) is 5. The van der Waals surface area contributed by atoms with Crippen molar-refractivity contribution < 1.29 is 13.2 Å². The van der Waals surface area contributed by atoms with Gasteiger partial charge in [-0.3, -0.25) is 0 Å². The maximum atomic E-state index is 13.9. The van der Waals surface area contributed by atoms with E-state index >= 15 is 0 Å². The fourth-order valence-electron chi connectivity index (χ4n) is 4.34. The van der Waals surface area contributed by atoms with E-state index in [1.807, 2.05) is 27.8 Å². The molecule has 3 aromatic rings. The van der Waals surface area contributed by atoms with Crippen LogP contribution in [0.15, 0.2) is 47.5 Å². The minimum atomic E-state index is -4.53.